The van der Waals surface area contributed by atoms with Crippen molar-refractivity contribution in [3.8, 4) is 0 Å². The Labute approximate surface area is 172 Å². The highest BCUT2D eigenvalue weighted by Crippen LogP contribution is 2.25. The van der Waals surface area contributed by atoms with Crippen molar-refractivity contribution in [3.63, 3.8) is 0 Å². The van der Waals surface area contributed by atoms with E-state index in [-0.39, 0.29) is 10.7 Å². The van der Waals surface area contributed by atoms with Gasteiger partial charge in [0, 0.05) is 24.8 Å². The van der Waals surface area contributed by atoms with Crippen molar-refractivity contribution >= 4 is 44.3 Å². The highest BCUT2D eigenvalue weighted by molar-refractivity contribution is 7.92. The van der Waals surface area contributed by atoms with Crippen LogP contribution in [0.15, 0.2) is 65.8 Å². The minimum Gasteiger partial charge on any atom is -0.363 e. The zero-order valence-corrected chi connectivity index (χ0v) is 16.9. The molecule has 8 nitrogen and oxygen atoms in total. The molecule has 29 heavy (non-hydrogen) atoms. The summed E-state index contributed by atoms with van der Waals surface area (Å²) in [5.74, 6) is 0.399. The van der Waals surface area contributed by atoms with Crippen LogP contribution in [0.3, 0.4) is 0 Å². The van der Waals surface area contributed by atoms with Gasteiger partial charge in [0.15, 0.2) is 11.6 Å². The predicted octanol–water partition coefficient (Wildman–Crippen LogP) is 3.43. The van der Waals surface area contributed by atoms with E-state index in [1.807, 2.05) is 36.4 Å². The van der Waals surface area contributed by atoms with E-state index in [1.165, 1.54) is 17.1 Å². The van der Waals surface area contributed by atoms with Crippen molar-refractivity contribution in [1.29, 1.82) is 0 Å². The van der Waals surface area contributed by atoms with Crippen LogP contribution in [0.25, 0.3) is 11.0 Å². The number of nitrogens with zero attached hydrogens (tertiary/aromatic N) is 4. The monoisotopic (exact) mass is 428 g/mol. The van der Waals surface area contributed by atoms with E-state index in [9.17, 15) is 8.42 Å². The molecule has 4 aromatic rings. The van der Waals surface area contributed by atoms with E-state index in [4.69, 9.17) is 11.6 Å². The van der Waals surface area contributed by atoms with Gasteiger partial charge in [-0.15, -0.1) is 0 Å². The first kappa shape index (κ1) is 19.2. The fourth-order valence-electron chi connectivity index (χ4n) is 2.74. The molecule has 0 amide bonds. The average molecular weight is 429 g/mol. The predicted molar refractivity (Wildman–Crippen MR) is 112 cm³/mol. The Bertz CT molecular complexity index is 1290. The molecule has 0 radical (unpaired) electrons. The molecule has 0 saturated heterocycles. The number of hydrogen-bond donors (Lipinski definition) is 2. The van der Waals surface area contributed by atoms with Gasteiger partial charge in [-0.05, 0) is 23.8 Å². The van der Waals surface area contributed by atoms with Crippen molar-refractivity contribution < 1.29 is 8.42 Å². The van der Waals surface area contributed by atoms with Gasteiger partial charge in [-0.2, -0.15) is 5.10 Å². The molecule has 2 aromatic carbocycles. The minimum atomic E-state index is -3.88. The Morgan fingerprint density at radius 2 is 1.66 bits per heavy atom. The first-order chi connectivity index (χ1) is 13.9. The van der Waals surface area contributed by atoms with Gasteiger partial charge in [0.05, 0.1) is 17.2 Å². The molecule has 0 aliphatic rings. The molecule has 0 bridgehead atoms. The maximum Gasteiger partial charge on any atom is 0.266 e. The Morgan fingerprint density at radius 1 is 1.00 bits per heavy atom. The zero-order valence-electron chi connectivity index (χ0n) is 15.4. The lowest BCUT2D eigenvalue weighted by molar-refractivity contribution is 0.601. The maximum absolute atomic E-state index is 12.8. The molecule has 148 valence electrons. The van der Waals surface area contributed by atoms with Crippen molar-refractivity contribution in [2.75, 3.05) is 10.0 Å². The van der Waals surface area contributed by atoms with E-state index in [2.05, 4.69) is 25.1 Å². The molecular weight excluding hydrogens is 412 g/mol. The molecular formula is C19H17ClN6O2S. The van der Waals surface area contributed by atoms with Gasteiger partial charge >= 0.3 is 0 Å². The average Bonchev–Trinajstić information content (AvgIpc) is 3.14. The van der Waals surface area contributed by atoms with Gasteiger partial charge in [0.25, 0.3) is 10.0 Å². The van der Waals surface area contributed by atoms with Crippen LogP contribution in [0.1, 0.15) is 5.56 Å². The summed E-state index contributed by atoms with van der Waals surface area (Å²) in [7, 11) is -2.23. The number of aryl methyl sites for hydroxylation is 1. The highest BCUT2D eigenvalue weighted by Gasteiger charge is 2.20. The lowest BCUT2D eigenvalue weighted by Gasteiger charge is -2.13. The molecule has 0 aliphatic heterocycles. The highest BCUT2D eigenvalue weighted by atomic mass is 35.5. The molecule has 10 heteroatoms. The number of halogens is 1. The topological polar surface area (TPSA) is 102 Å². The third-order valence-corrected chi connectivity index (χ3v) is 5.86. The van der Waals surface area contributed by atoms with Crippen LogP contribution in [0, 0.1) is 0 Å². The fourth-order valence-corrected chi connectivity index (χ4v) is 3.93. The number of fused-ring (bicyclic) bond motifs is 1. The number of aromatic nitrogens is 4. The van der Waals surface area contributed by atoms with Crippen molar-refractivity contribution in [2.24, 2.45) is 7.05 Å². The summed E-state index contributed by atoms with van der Waals surface area (Å²) in [5, 5.41) is 7.65. The number of anilines is 2. The standard InChI is InChI=1S/C19H17ClN6O2S/c1-26-12-14(11-22-26)29(27,28)25-19-18(21-10-13-6-2-3-7-15(13)20)23-16-8-4-5-9-17(16)24-19/h2-9,11-12H,10H2,1H3,(H,21,23)(H,24,25). The van der Waals surface area contributed by atoms with Crippen molar-refractivity contribution in [3.05, 3.63) is 71.5 Å². The van der Waals surface area contributed by atoms with E-state index in [0.717, 1.165) is 5.56 Å². The number of nitrogens with one attached hydrogen (secondary N) is 2. The minimum absolute atomic E-state index is 0.0343. The Morgan fingerprint density at radius 3 is 2.31 bits per heavy atom. The van der Waals surface area contributed by atoms with Gasteiger partial charge in [-0.1, -0.05) is 41.9 Å². The summed E-state index contributed by atoms with van der Waals surface area (Å²) in [6.45, 7) is 0.355. The van der Waals surface area contributed by atoms with Gasteiger partial charge < -0.3 is 5.32 Å². The molecule has 0 aliphatic carbocycles. The van der Waals surface area contributed by atoms with Crippen LogP contribution >= 0.6 is 11.6 Å². The summed E-state index contributed by atoms with van der Waals surface area (Å²) >= 11 is 6.22. The third kappa shape index (κ3) is 4.15. The molecule has 0 spiro atoms. The van der Waals surface area contributed by atoms with E-state index in [0.29, 0.717) is 28.4 Å². The number of hydrogen-bond acceptors (Lipinski definition) is 6. The smallest absolute Gasteiger partial charge is 0.266 e. The maximum atomic E-state index is 12.8. The Balaban J connectivity index is 1.71. The number of sulfonamides is 1. The van der Waals surface area contributed by atoms with Gasteiger partial charge in [0.1, 0.15) is 4.90 Å². The summed E-state index contributed by atoms with van der Waals surface area (Å²) in [5.41, 5.74) is 2.06. The molecule has 0 fully saturated rings. The molecule has 2 aromatic heterocycles. The molecule has 0 saturated carbocycles. The van der Waals surface area contributed by atoms with Crippen LogP contribution in [-0.4, -0.2) is 28.2 Å². The quantitative estimate of drug-likeness (QED) is 0.487. The van der Waals surface area contributed by atoms with Crippen LogP contribution in [0.4, 0.5) is 11.6 Å². The molecule has 0 unspecified atom stereocenters. The number of para-hydroxylation sites is 2. The number of benzene rings is 2. The largest absolute Gasteiger partial charge is 0.363 e. The van der Waals surface area contributed by atoms with E-state index < -0.39 is 10.0 Å². The van der Waals surface area contributed by atoms with Crippen LogP contribution in [0.2, 0.25) is 5.02 Å². The fraction of sp³-hybridized carbons (Fsp3) is 0.105. The second kappa shape index (κ2) is 7.69. The summed E-state index contributed by atoms with van der Waals surface area (Å²) in [4.78, 5) is 9.02. The number of rotatable bonds is 6. The summed E-state index contributed by atoms with van der Waals surface area (Å²) in [6.07, 6.45) is 2.68. The first-order valence-corrected chi connectivity index (χ1v) is 10.5. The SMILES string of the molecule is Cn1cc(S(=O)(=O)Nc2nc3ccccc3nc2NCc2ccccc2Cl)cn1. The van der Waals surface area contributed by atoms with E-state index in [1.54, 1.807) is 19.2 Å². The van der Waals surface area contributed by atoms with Crippen LogP contribution < -0.4 is 10.0 Å². The molecule has 0 atom stereocenters. The second-order valence-electron chi connectivity index (χ2n) is 6.31. The zero-order chi connectivity index (χ0) is 20.4. The van der Waals surface area contributed by atoms with Crippen LogP contribution in [0.5, 0.6) is 0 Å². The molecule has 2 heterocycles. The summed E-state index contributed by atoms with van der Waals surface area (Å²) in [6, 6.07) is 14.6. The second-order valence-corrected chi connectivity index (χ2v) is 8.40. The summed E-state index contributed by atoms with van der Waals surface area (Å²) < 4.78 is 29.4. The Kier molecular flexibility index (Phi) is 5.08. The van der Waals surface area contributed by atoms with Crippen molar-refractivity contribution in [1.82, 2.24) is 19.7 Å². The Hall–Kier alpha value is -3.17. The van der Waals surface area contributed by atoms with Gasteiger partial charge in [-0.25, -0.2) is 18.4 Å². The lowest BCUT2D eigenvalue weighted by Crippen LogP contribution is -2.16. The van der Waals surface area contributed by atoms with E-state index >= 15 is 0 Å². The first-order valence-electron chi connectivity index (χ1n) is 8.68. The normalized spacial score (nSPS) is 11.5. The van der Waals surface area contributed by atoms with Crippen LogP contribution in [-0.2, 0) is 23.6 Å². The third-order valence-electron chi connectivity index (χ3n) is 4.20. The van der Waals surface area contributed by atoms with Gasteiger partial charge in [-0.3, -0.25) is 9.40 Å². The molecule has 2 N–H and O–H groups in total. The van der Waals surface area contributed by atoms with Crippen molar-refractivity contribution in [2.45, 2.75) is 11.4 Å². The lowest BCUT2D eigenvalue weighted by atomic mass is 10.2. The van der Waals surface area contributed by atoms with Gasteiger partial charge in [0.2, 0.25) is 0 Å². The molecule has 4 rings (SSSR count).